The fourth-order valence-corrected chi connectivity index (χ4v) is 4.44. The van der Waals surface area contributed by atoms with E-state index in [4.69, 9.17) is 10.7 Å². The Bertz CT molecular complexity index is 1180. The molecular weight excluding hydrogens is 400 g/mol. The summed E-state index contributed by atoms with van der Waals surface area (Å²) in [5, 5.41) is 27.2. The zero-order valence-corrected chi connectivity index (χ0v) is 18.2. The van der Waals surface area contributed by atoms with Crippen molar-refractivity contribution >= 4 is 17.8 Å². The predicted molar refractivity (Wildman–Crippen MR) is 125 cm³/mol. The van der Waals surface area contributed by atoms with E-state index in [2.05, 4.69) is 35.4 Å². The molecule has 2 heterocycles. The summed E-state index contributed by atoms with van der Waals surface area (Å²) in [6.45, 7) is 5.52. The van der Waals surface area contributed by atoms with Crippen LogP contribution in [-0.4, -0.2) is 45.8 Å². The van der Waals surface area contributed by atoms with Crippen molar-refractivity contribution in [2.45, 2.75) is 25.8 Å². The van der Waals surface area contributed by atoms with Crippen molar-refractivity contribution in [3.63, 3.8) is 0 Å². The Morgan fingerprint density at radius 3 is 2.91 bits per heavy atom. The number of amides is 1. The van der Waals surface area contributed by atoms with Gasteiger partial charge in [-0.2, -0.15) is 10.4 Å². The first-order valence-corrected chi connectivity index (χ1v) is 10.6. The summed E-state index contributed by atoms with van der Waals surface area (Å²) in [5.74, 6) is 0.236. The largest absolute Gasteiger partial charge is 0.384 e. The van der Waals surface area contributed by atoms with Gasteiger partial charge in [-0.3, -0.25) is 9.89 Å². The number of aromatic amines is 1. The lowest BCUT2D eigenvalue weighted by Gasteiger charge is -2.31. The fraction of sp³-hybridized carbons (Fsp3) is 0.280. The molecule has 0 radical (unpaired) electrons. The number of H-pyrrole nitrogens is 1. The zero-order chi connectivity index (χ0) is 22.7. The molecule has 1 aliphatic heterocycles. The van der Waals surface area contributed by atoms with Crippen LogP contribution in [0.25, 0.3) is 11.1 Å². The number of hydrogen-bond donors (Lipinski definition) is 3. The molecule has 0 aliphatic carbocycles. The van der Waals surface area contributed by atoms with Crippen LogP contribution in [0.4, 0.5) is 5.69 Å². The normalized spacial score (nSPS) is 17.0. The molecule has 1 aromatic heterocycles. The monoisotopic (exact) mass is 426 g/mol. The molecule has 2 aromatic carbocycles. The van der Waals surface area contributed by atoms with Gasteiger partial charge in [0.25, 0.3) is 5.91 Å². The number of nitrogens with zero attached hydrogens (tertiary/aromatic N) is 3. The second-order valence-corrected chi connectivity index (χ2v) is 8.81. The smallest absolute Gasteiger partial charge is 0.254 e. The van der Waals surface area contributed by atoms with Gasteiger partial charge in [0.05, 0.1) is 17.8 Å². The standard InChI is InChI=1S/C25H26N6O/c1-25(2)10-18(16-31(25)24(32)20-5-3-4-17(8-20)11-26)13-28-23-7-6-19(9-21(23)12-27)22-14-29-30-15-22/h3-9,12,14-15,18,27-28H,10,13,16H2,1-2H3,(H,29,30). The molecule has 7 heteroatoms. The van der Waals surface area contributed by atoms with Crippen LogP contribution >= 0.6 is 0 Å². The van der Waals surface area contributed by atoms with Crippen LogP contribution in [-0.2, 0) is 0 Å². The molecule has 1 atom stereocenters. The zero-order valence-electron chi connectivity index (χ0n) is 18.2. The van der Waals surface area contributed by atoms with Gasteiger partial charge in [-0.05, 0) is 62.1 Å². The summed E-state index contributed by atoms with van der Waals surface area (Å²) >= 11 is 0. The number of carbonyl (C=O) groups excluding carboxylic acids is 1. The second-order valence-electron chi connectivity index (χ2n) is 8.81. The quantitative estimate of drug-likeness (QED) is 0.511. The first-order valence-electron chi connectivity index (χ1n) is 10.6. The topological polar surface area (TPSA) is 109 Å². The number of anilines is 1. The number of carbonyl (C=O) groups is 1. The molecule has 0 saturated carbocycles. The number of rotatable bonds is 6. The van der Waals surface area contributed by atoms with Gasteiger partial charge in [0.15, 0.2) is 0 Å². The molecule has 162 valence electrons. The van der Waals surface area contributed by atoms with Crippen molar-refractivity contribution in [2.24, 2.45) is 5.92 Å². The number of likely N-dealkylation sites (tertiary alicyclic amines) is 1. The van der Waals surface area contributed by atoms with Crippen LogP contribution in [0.1, 0.15) is 41.8 Å². The molecule has 1 amide bonds. The number of nitriles is 1. The van der Waals surface area contributed by atoms with E-state index in [0.29, 0.717) is 24.2 Å². The maximum atomic E-state index is 13.2. The number of aromatic nitrogens is 2. The summed E-state index contributed by atoms with van der Waals surface area (Å²) in [7, 11) is 0. The highest BCUT2D eigenvalue weighted by molar-refractivity contribution is 5.95. The predicted octanol–water partition coefficient (Wildman–Crippen LogP) is 4.30. The van der Waals surface area contributed by atoms with E-state index in [9.17, 15) is 4.79 Å². The third-order valence-corrected chi connectivity index (χ3v) is 6.06. The molecular formula is C25H26N6O. The highest BCUT2D eigenvalue weighted by Gasteiger charge is 2.41. The summed E-state index contributed by atoms with van der Waals surface area (Å²) in [6.07, 6.45) is 5.81. The van der Waals surface area contributed by atoms with Crippen LogP contribution in [0.2, 0.25) is 0 Å². The van der Waals surface area contributed by atoms with E-state index in [1.165, 1.54) is 6.21 Å². The lowest BCUT2D eigenvalue weighted by Crippen LogP contribution is -2.42. The average Bonchev–Trinajstić information content (AvgIpc) is 3.44. The molecule has 4 rings (SSSR count). The van der Waals surface area contributed by atoms with E-state index in [1.54, 1.807) is 30.5 Å². The van der Waals surface area contributed by atoms with E-state index in [-0.39, 0.29) is 17.4 Å². The number of hydrogen-bond acceptors (Lipinski definition) is 5. The molecule has 0 bridgehead atoms. The van der Waals surface area contributed by atoms with Crippen molar-refractivity contribution in [2.75, 3.05) is 18.4 Å². The van der Waals surface area contributed by atoms with E-state index < -0.39 is 0 Å². The van der Waals surface area contributed by atoms with Crippen LogP contribution in [0.5, 0.6) is 0 Å². The Hall–Kier alpha value is -3.92. The maximum Gasteiger partial charge on any atom is 0.254 e. The Labute approximate surface area is 187 Å². The Morgan fingerprint density at radius 1 is 1.34 bits per heavy atom. The van der Waals surface area contributed by atoms with Crippen LogP contribution in [0.3, 0.4) is 0 Å². The van der Waals surface area contributed by atoms with Gasteiger partial charge in [-0.15, -0.1) is 0 Å². The SMILES string of the molecule is CC1(C)CC(CNc2ccc(-c3cn[nH]c3)cc2C=N)CN1C(=O)c1cccc(C#N)c1. The average molecular weight is 427 g/mol. The number of benzene rings is 2. The highest BCUT2D eigenvalue weighted by Crippen LogP contribution is 2.34. The minimum Gasteiger partial charge on any atom is -0.384 e. The third kappa shape index (κ3) is 4.26. The molecule has 0 spiro atoms. The molecule has 1 fully saturated rings. The third-order valence-electron chi connectivity index (χ3n) is 6.06. The van der Waals surface area contributed by atoms with E-state index in [1.807, 2.05) is 29.3 Å². The lowest BCUT2D eigenvalue weighted by molar-refractivity contribution is 0.0650. The summed E-state index contributed by atoms with van der Waals surface area (Å²) in [6, 6.07) is 14.9. The van der Waals surface area contributed by atoms with Gasteiger partial charge in [-0.1, -0.05) is 12.1 Å². The Kier molecular flexibility index (Phi) is 5.78. The van der Waals surface area contributed by atoms with Crippen molar-refractivity contribution < 1.29 is 4.79 Å². The fourth-order valence-electron chi connectivity index (χ4n) is 4.44. The molecule has 1 saturated heterocycles. The molecule has 7 nitrogen and oxygen atoms in total. The summed E-state index contributed by atoms with van der Waals surface area (Å²) in [4.78, 5) is 15.1. The van der Waals surface area contributed by atoms with Crippen molar-refractivity contribution in [3.05, 3.63) is 71.5 Å². The minimum atomic E-state index is -0.276. The van der Waals surface area contributed by atoms with E-state index in [0.717, 1.165) is 28.8 Å². The Morgan fingerprint density at radius 2 is 2.19 bits per heavy atom. The Balaban J connectivity index is 1.45. The van der Waals surface area contributed by atoms with Crippen LogP contribution < -0.4 is 5.32 Å². The van der Waals surface area contributed by atoms with Crippen molar-refractivity contribution in [1.82, 2.24) is 15.1 Å². The lowest BCUT2D eigenvalue weighted by atomic mass is 9.95. The maximum absolute atomic E-state index is 13.2. The summed E-state index contributed by atoms with van der Waals surface area (Å²) in [5.41, 5.74) is 4.45. The van der Waals surface area contributed by atoms with Crippen molar-refractivity contribution in [3.8, 4) is 17.2 Å². The van der Waals surface area contributed by atoms with Gasteiger partial charge in [0.1, 0.15) is 0 Å². The van der Waals surface area contributed by atoms with Gasteiger partial charge in [0, 0.05) is 53.4 Å². The summed E-state index contributed by atoms with van der Waals surface area (Å²) < 4.78 is 0. The van der Waals surface area contributed by atoms with Gasteiger partial charge < -0.3 is 15.6 Å². The molecule has 32 heavy (non-hydrogen) atoms. The van der Waals surface area contributed by atoms with Crippen LogP contribution in [0, 0.1) is 22.7 Å². The van der Waals surface area contributed by atoms with Crippen LogP contribution in [0.15, 0.2) is 54.9 Å². The van der Waals surface area contributed by atoms with Gasteiger partial charge >= 0.3 is 0 Å². The minimum absolute atomic E-state index is 0.0424. The highest BCUT2D eigenvalue weighted by atomic mass is 16.2. The first-order chi connectivity index (χ1) is 15.4. The molecule has 3 aromatic rings. The second kappa shape index (κ2) is 8.67. The van der Waals surface area contributed by atoms with E-state index >= 15 is 0 Å². The van der Waals surface area contributed by atoms with Crippen molar-refractivity contribution in [1.29, 1.82) is 10.7 Å². The van der Waals surface area contributed by atoms with Gasteiger partial charge in [-0.25, -0.2) is 0 Å². The molecule has 3 N–H and O–H groups in total. The molecule has 1 aliphatic rings. The molecule has 1 unspecified atom stereocenters. The van der Waals surface area contributed by atoms with Gasteiger partial charge in [0.2, 0.25) is 0 Å². The number of nitrogens with one attached hydrogen (secondary N) is 3. The first kappa shape index (κ1) is 21.3.